The van der Waals surface area contributed by atoms with Crippen LogP contribution in [-0.4, -0.2) is 15.8 Å². The van der Waals surface area contributed by atoms with E-state index in [0.29, 0.717) is 18.5 Å². The van der Waals surface area contributed by atoms with Crippen LogP contribution in [0.2, 0.25) is 0 Å². The molecule has 0 radical (unpaired) electrons. The summed E-state index contributed by atoms with van der Waals surface area (Å²) >= 11 is 0. The second-order valence-corrected chi connectivity index (χ2v) is 4.49. The lowest BCUT2D eigenvalue weighted by atomic mass is 9.93. The van der Waals surface area contributed by atoms with Gasteiger partial charge in [-0.2, -0.15) is 0 Å². The van der Waals surface area contributed by atoms with Crippen LogP contribution in [0.25, 0.3) is 0 Å². The second kappa shape index (κ2) is 4.29. The monoisotopic (exact) mass is 219 g/mol. The van der Waals surface area contributed by atoms with Gasteiger partial charge in [-0.25, -0.2) is 9.97 Å². The highest BCUT2D eigenvalue weighted by molar-refractivity contribution is 5.99. The fraction of sp³-hybridized carbons (Fsp3) is 0.583. The molecule has 0 aromatic carbocycles. The average Bonchev–Trinajstić information content (AvgIpc) is 2.27. The minimum Gasteiger partial charge on any atom is -0.325 e. The Balaban J connectivity index is 2.57. The molecule has 0 fully saturated rings. The van der Waals surface area contributed by atoms with Gasteiger partial charge >= 0.3 is 0 Å². The number of hydrogen-bond acceptors (Lipinski definition) is 4. The number of carbonyl (C=O) groups excluding carboxylic acids is 1. The van der Waals surface area contributed by atoms with Gasteiger partial charge in [-0.3, -0.25) is 4.79 Å². The Labute approximate surface area is 95.3 Å². The molecule has 1 heterocycles. The van der Waals surface area contributed by atoms with E-state index in [1.807, 2.05) is 13.8 Å². The lowest BCUT2D eigenvalue weighted by molar-refractivity contribution is 0.0969. The summed E-state index contributed by atoms with van der Waals surface area (Å²) in [6, 6.07) is 0. The maximum atomic E-state index is 11.8. The van der Waals surface area contributed by atoms with Crippen molar-refractivity contribution in [3.8, 4) is 0 Å². The van der Waals surface area contributed by atoms with Crippen molar-refractivity contribution >= 4 is 5.78 Å². The van der Waals surface area contributed by atoms with Gasteiger partial charge in [0.25, 0.3) is 0 Å². The van der Waals surface area contributed by atoms with E-state index in [4.69, 9.17) is 5.73 Å². The van der Waals surface area contributed by atoms with Crippen LogP contribution in [0.15, 0.2) is 0 Å². The van der Waals surface area contributed by atoms with Crippen LogP contribution in [0.4, 0.5) is 0 Å². The molecule has 4 heteroatoms. The number of nitrogens with two attached hydrogens (primary N) is 1. The first-order valence-corrected chi connectivity index (χ1v) is 5.76. The van der Waals surface area contributed by atoms with Gasteiger partial charge in [0.1, 0.15) is 5.82 Å². The Bertz CT molecular complexity index is 409. The zero-order valence-corrected chi connectivity index (χ0v) is 9.79. The van der Waals surface area contributed by atoms with E-state index in [2.05, 4.69) is 9.97 Å². The summed E-state index contributed by atoms with van der Waals surface area (Å²) in [7, 11) is 0. The normalized spacial score (nSPS) is 15.4. The lowest BCUT2D eigenvalue weighted by Gasteiger charge is -2.18. The van der Waals surface area contributed by atoms with Crippen LogP contribution in [0, 0.1) is 0 Å². The molecule has 0 amide bonds. The lowest BCUT2D eigenvalue weighted by Crippen LogP contribution is -2.21. The van der Waals surface area contributed by atoms with Crippen molar-refractivity contribution in [1.82, 2.24) is 9.97 Å². The van der Waals surface area contributed by atoms with Crippen LogP contribution in [0.3, 0.4) is 0 Å². The number of carbonyl (C=O) groups is 1. The Kier molecular flexibility index (Phi) is 3.01. The summed E-state index contributed by atoms with van der Waals surface area (Å²) in [6.45, 7) is 4.41. The fourth-order valence-corrected chi connectivity index (χ4v) is 2.03. The predicted octanol–water partition coefficient (Wildman–Crippen LogP) is 1.58. The molecule has 4 nitrogen and oxygen atoms in total. The summed E-state index contributed by atoms with van der Waals surface area (Å²) in [4.78, 5) is 20.7. The van der Waals surface area contributed by atoms with Crippen LogP contribution in [0.5, 0.6) is 0 Å². The average molecular weight is 219 g/mol. The third-order valence-electron chi connectivity index (χ3n) is 2.88. The first-order chi connectivity index (χ1) is 7.63. The molecule has 1 aromatic heterocycles. The van der Waals surface area contributed by atoms with Crippen molar-refractivity contribution in [3.05, 3.63) is 22.8 Å². The van der Waals surface area contributed by atoms with Crippen molar-refractivity contribution in [2.24, 2.45) is 5.73 Å². The Morgan fingerprint density at radius 2 is 2.06 bits per heavy atom. The molecule has 0 unspecified atom stereocenters. The van der Waals surface area contributed by atoms with Crippen LogP contribution >= 0.6 is 0 Å². The molecule has 0 saturated heterocycles. The van der Waals surface area contributed by atoms with Crippen molar-refractivity contribution in [2.45, 2.75) is 45.6 Å². The number of Topliss-reactive ketones (excluding diaryl/α,β-unsaturated/α-hetero) is 1. The molecule has 2 rings (SSSR count). The zero-order valence-electron chi connectivity index (χ0n) is 9.79. The Morgan fingerprint density at radius 1 is 1.31 bits per heavy atom. The SMILES string of the molecule is CC(C)c1nc(CN)c2c(n1)CCCC2=O. The Morgan fingerprint density at radius 3 is 2.69 bits per heavy atom. The van der Waals surface area contributed by atoms with E-state index < -0.39 is 0 Å². The molecule has 86 valence electrons. The van der Waals surface area contributed by atoms with E-state index in [1.165, 1.54) is 0 Å². The fourth-order valence-electron chi connectivity index (χ4n) is 2.03. The standard InChI is InChI=1S/C12H17N3O/c1-7(2)12-14-8-4-3-5-10(16)11(8)9(6-13)15-12/h7H,3-6,13H2,1-2H3. The van der Waals surface area contributed by atoms with Crippen molar-refractivity contribution in [1.29, 1.82) is 0 Å². The first kappa shape index (κ1) is 11.2. The number of aromatic nitrogens is 2. The highest BCUT2D eigenvalue weighted by Gasteiger charge is 2.23. The van der Waals surface area contributed by atoms with Crippen molar-refractivity contribution in [2.75, 3.05) is 0 Å². The second-order valence-electron chi connectivity index (χ2n) is 4.49. The molecular weight excluding hydrogens is 202 g/mol. The number of hydrogen-bond donors (Lipinski definition) is 1. The van der Waals surface area contributed by atoms with Crippen LogP contribution in [-0.2, 0) is 13.0 Å². The van der Waals surface area contributed by atoms with Gasteiger partial charge < -0.3 is 5.73 Å². The smallest absolute Gasteiger partial charge is 0.166 e. The third-order valence-corrected chi connectivity index (χ3v) is 2.88. The third kappa shape index (κ3) is 1.85. The molecule has 2 N–H and O–H groups in total. The molecule has 0 spiro atoms. The van der Waals surface area contributed by atoms with E-state index in [-0.39, 0.29) is 11.7 Å². The van der Waals surface area contributed by atoms with Crippen molar-refractivity contribution < 1.29 is 4.79 Å². The maximum absolute atomic E-state index is 11.8. The molecule has 0 bridgehead atoms. The van der Waals surface area contributed by atoms with Crippen LogP contribution < -0.4 is 5.73 Å². The largest absolute Gasteiger partial charge is 0.325 e. The van der Waals surface area contributed by atoms with Gasteiger partial charge in [0.05, 0.1) is 17.0 Å². The molecule has 0 saturated carbocycles. The molecule has 0 aliphatic heterocycles. The summed E-state index contributed by atoms with van der Waals surface area (Å²) in [5, 5.41) is 0. The summed E-state index contributed by atoms with van der Waals surface area (Å²) in [5.41, 5.74) is 7.97. The van der Waals surface area contributed by atoms with E-state index in [0.717, 1.165) is 30.1 Å². The molecular formula is C12H17N3O. The van der Waals surface area contributed by atoms with E-state index in [9.17, 15) is 4.79 Å². The van der Waals surface area contributed by atoms with Gasteiger partial charge in [0.15, 0.2) is 5.78 Å². The molecule has 1 aliphatic carbocycles. The van der Waals surface area contributed by atoms with Gasteiger partial charge in [0.2, 0.25) is 0 Å². The van der Waals surface area contributed by atoms with Gasteiger partial charge in [0, 0.05) is 18.9 Å². The molecule has 1 aromatic rings. The predicted molar refractivity (Wildman–Crippen MR) is 61.3 cm³/mol. The Hall–Kier alpha value is -1.29. The quantitative estimate of drug-likeness (QED) is 0.819. The number of ketones is 1. The molecule has 16 heavy (non-hydrogen) atoms. The first-order valence-electron chi connectivity index (χ1n) is 5.76. The maximum Gasteiger partial charge on any atom is 0.166 e. The number of fused-ring (bicyclic) bond motifs is 1. The highest BCUT2D eigenvalue weighted by atomic mass is 16.1. The van der Waals surface area contributed by atoms with Gasteiger partial charge in [-0.15, -0.1) is 0 Å². The number of nitrogens with zero attached hydrogens (tertiary/aromatic N) is 2. The summed E-state index contributed by atoms with van der Waals surface area (Å²) in [5.74, 6) is 1.22. The van der Waals surface area contributed by atoms with Gasteiger partial charge in [-0.1, -0.05) is 13.8 Å². The number of aryl methyl sites for hydroxylation is 1. The van der Waals surface area contributed by atoms with E-state index >= 15 is 0 Å². The zero-order chi connectivity index (χ0) is 11.7. The van der Waals surface area contributed by atoms with E-state index in [1.54, 1.807) is 0 Å². The van der Waals surface area contributed by atoms with Crippen LogP contribution in [0.1, 0.15) is 60.2 Å². The molecule has 0 atom stereocenters. The molecule has 1 aliphatic rings. The minimum atomic E-state index is 0.150. The minimum absolute atomic E-state index is 0.150. The van der Waals surface area contributed by atoms with Gasteiger partial charge in [-0.05, 0) is 12.8 Å². The van der Waals surface area contributed by atoms with Crippen molar-refractivity contribution in [3.63, 3.8) is 0 Å². The number of rotatable bonds is 2. The highest BCUT2D eigenvalue weighted by Crippen LogP contribution is 2.23. The topological polar surface area (TPSA) is 68.9 Å². The summed E-state index contributed by atoms with van der Waals surface area (Å²) < 4.78 is 0. The summed E-state index contributed by atoms with van der Waals surface area (Å²) in [6.07, 6.45) is 2.37.